The molecule has 18 heavy (non-hydrogen) atoms. The molecule has 100 valence electrons. The summed E-state index contributed by atoms with van der Waals surface area (Å²) in [5.41, 5.74) is 0.957. The van der Waals surface area contributed by atoms with Crippen molar-refractivity contribution in [3.8, 4) is 0 Å². The van der Waals surface area contributed by atoms with Crippen molar-refractivity contribution in [3.05, 3.63) is 29.1 Å². The summed E-state index contributed by atoms with van der Waals surface area (Å²) in [6, 6.07) is 8.04. The number of anilines is 1. The highest BCUT2D eigenvalue weighted by molar-refractivity contribution is 7.21. The quantitative estimate of drug-likeness (QED) is 0.756. The van der Waals surface area contributed by atoms with Crippen molar-refractivity contribution in [2.45, 2.75) is 34.6 Å². The highest BCUT2D eigenvalue weighted by Crippen LogP contribution is 2.35. The monoisotopic (exact) mass is 265 g/mol. The Morgan fingerprint density at radius 1 is 1.11 bits per heavy atom. The van der Waals surface area contributed by atoms with E-state index in [0.717, 1.165) is 20.7 Å². The third kappa shape index (κ3) is 3.57. The van der Waals surface area contributed by atoms with Crippen molar-refractivity contribution in [3.63, 3.8) is 0 Å². The zero-order valence-corrected chi connectivity index (χ0v) is 12.9. The van der Waals surface area contributed by atoms with Crippen LogP contribution in [-0.2, 0) is 0 Å². The molecule has 0 atom stereocenters. The molecule has 1 heterocycles. The lowest BCUT2D eigenvalue weighted by atomic mass is 10.2. The van der Waals surface area contributed by atoms with Crippen LogP contribution in [0.1, 0.15) is 44.3 Å². The largest absolute Gasteiger partial charge is 0.386 e. The molecule has 0 aliphatic rings. The van der Waals surface area contributed by atoms with Crippen molar-refractivity contribution in [2.75, 3.05) is 12.4 Å². The molecule has 1 N–H and O–H groups in total. The second-order valence-electron chi connectivity index (χ2n) is 3.11. The number of hydrogen-bond donors (Lipinski definition) is 1. The van der Waals surface area contributed by atoms with E-state index in [9.17, 15) is 4.79 Å². The fraction of sp³-hybridized carbons (Fsp3) is 0.400. The summed E-state index contributed by atoms with van der Waals surface area (Å²) in [6.07, 6.45) is 0. The molecular weight excluding hydrogens is 242 g/mol. The Balaban J connectivity index is 0.000000659. The molecule has 0 saturated carbocycles. The summed E-state index contributed by atoms with van der Waals surface area (Å²) in [5, 5.41) is 4.22. The maximum Gasteiger partial charge on any atom is 0.171 e. The number of Topliss-reactive ketones (excluding diaryl/α,β-unsaturated/α-hetero) is 1. The first-order valence-corrected chi connectivity index (χ1v) is 7.26. The van der Waals surface area contributed by atoms with Crippen molar-refractivity contribution < 1.29 is 4.79 Å². The van der Waals surface area contributed by atoms with E-state index in [1.807, 2.05) is 59.0 Å². The van der Waals surface area contributed by atoms with E-state index in [-0.39, 0.29) is 5.78 Å². The molecule has 0 amide bonds. The van der Waals surface area contributed by atoms with Crippen molar-refractivity contribution in [2.24, 2.45) is 0 Å². The lowest BCUT2D eigenvalue weighted by Crippen LogP contribution is -1.95. The van der Waals surface area contributed by atoms with E-state index in [0.29, 0.717) is 0 Å². The van der Waals surface area contributed by atoms with E-state index >= 15 is 0 Å². The number of rotatable bonds is 2. The van der Waals surface area contributed by atoms with Gasteiger partial charge < -0.3 is 5.32 Å². The molecule has 0 aliphatic carbocycles. The number of carbonyl (C=O) groups is 1. The number of thiophene rings is 1. The van der Waals surface area contributed by atoms with Gasteiger partial charge >= 0.3 is 0 Å². The predicted octanol–water partition coefficient (Wildman–Crippen LogP) is 5.20. The minimum Gasteiger partial charge on any atom is -0.386 e. The van der Waals surface area contributed by atoms with Gasteiger partial charge in [0.05, 0.1) is 10.6 Å². The van der Waals surface area contributed by atoms with Gasteiger partial charge in [0.15, 0.2) is 5.78 Å². The first-order valence-electron chi connectivity index (χ1n) is 6.44. The molecule has 0 unspecified atom stereocenters. The molecule has 0 saturated heterocycles. The molecule has 0 aliphatic heterocycles. The highest BCUT2D eigenvalue weighted by atomic mass is 32.1. The summed E-state index contributed by atoms with van der Waals surface area (Å²) < 4.78 is 1.15. The first kappa shape index (κ1) is 16.6. The minimum absolute atomic E-state index is 0.121. The smallest absolute Gasteiger partial charge is 0.171 e. The van der Waals surface area contributed by atoms with Crippen LogP contribution in [0.3, 0.4) is 0 Å². The Labute approximate surface area is 114 Å². The van der Waals surface area contributed by atoms with E-state index in [1.165, 1.54) is 0 Å². The van der Waals surface area contributed by atoms with Crippen molar-refractivity contribution in [1.82, 2.24) is 0 Å². The van der Waals surface area contributed by atoms with Gasteiger partial charge in [-0.15, -0.1) is 11.3 Å². The topological polar surface area (TPSA) is 29.1 Å². The Kier molecular flexibility index (Phi) is 8.05. The van der Waals surface area contributed by atoms with Crippen LogP contribution >= 0.6 is 11.3 Å². The number of fused-ring (bicyclic) bond motifs is 1. The fourth-order valence-corrected chi connectivity index (χ4v) is 2.65. The highest BCUT2D eigenvalue weighted by Gasteiger charge is 2.13. The van der Waals surface area contributed by atoms with Gasteiger partial charge in [-0.25, -0.2) is 0 Å². The number of hydrogen-bond acceptors (Lipinski definition) is 3. The maximum absolute atomic E-state index is 11.4. The van der Waals surface area contributed by atoms with Crippen LogP contribution in [0.4, 0.5) is 5.69 Å². The van der Waals surface area contributed by atoms with Crippen LogP contribution in [0, 0.1) is 0 Å². The van der Waals surface area contributed by atoms with E-state index in [2.05, 4.69) is 5.32 Å². The molecule has 2 rings (SSSR count). The predicted molar refractivity (Wildman–Crippen MR) is 84.1 cm³/mol. The standard InChI is InChI=1S/C11H11NOS.2C2H6/c1-7(13)11-10(12-2)8-5-3-4-6-9(8)14-11;2*1-2/h3-6,12H,1-2H3;2*1-2H3. The molecular formula is C15H23NOS. The van der Waals surface area contributed by atoms with Gasteiger partial charge in [-0.05, 0) is 6.07 Å². The van der Waals surface area contributed by atoms with Gasteiger partial charge in [0.2, 0.25) is 0 Å². The van der Waals surface area contributed by atoms with E-state index in [1.54, 1.807) is 18.3 Å². The average molecular weight is 265 g/mol. The Bertz CT molecular complexity index is 488. The number of carbonyl (C=O) groups excluding carboxylic acids is 1. The lowest BCUT2D eigenvalue weighted by Gasteiger charge is -1.99. The molecule has 2 nitrogen and oxygen atoms in total. The molecule has 0 radical (unpaired) electrons. The number of ketones is 1. The van der Waals surface area contributed by atoms with Gasteiger partial charge in [0.1, 0.15) is 0 Å². The molecule has 0 fully saturated rings. The molecule has 1 aromatic heterocycles. The number of benzene rings is 1. The number of nitrogens with one attached hydrogen (secondary N) is 1. The zero-order chi connectivity index (χ0) is 14.1. The normalized spacial score (nSPS) is 8.78. The van der Waals surface area contributed by atoms with Crippen LogP contribution in [-0.4, -0.2) is 12.8 Å². The Morgan fingerprint density at radius 3 is 2.17 bits per heavy atom. The van der Waals surface area contributed by atoms with Crippen LogP contribution in [0.15, 0.2) is 24.3 Å². The van der Waals surface area contributed by atoms with Gasteiger partial charge in [-0.3, -0.25) is 4.79 Å². The SMILES string of the molecule is CC.CC.CNc1c(C(C)=O)sc2ccccc12. The maximum atomic E-state index is 11.4. The van der Waals surface area contributed by atoms with Gasteiger partial charge in [0.25, 0.3) is 0 Å². The second kappa shape index (κ2) is 8.70. The second-order valence-corrected chi connectivity index (χ2v) is 4.16. The third-order valence-corrected chi connectivity index (χ3v) is 3.44. The van der Waals surface area contributed by atoms with Gasteiger partial charge in [0, 0.05) is 24.1 Å². The van der Waals surface area contributed by atoms with Crippen molar-refractivity contribution >= 4 is 32.9 Å². The summed E-state index contributed by atoms with van der Waals surface area (Å²) in [5.74, 6) is 0.121. The summed E-state index contributed by atoms with van der Waals surface area (Å²) in [4.78, 5) is 12.2. The van der Waals surface area contributed by atoms with E-state index in [4.69, 9.17) is 0 Å². The third-order valence-electron chi connectivity index (χ3n) is 2.17. The Morgan fingerprint density at radius 2 is 1.67 bits per heavy atom. The zero-order valence-electron chi connectivity index (χ0n) is 12.1. The molecule has 1 aromatic carbocycles. The first-order chi connectivity index (χ1) is 8.74. The Hall–Kier alpha value is -1.35. The summed E-state index contributed by atoms with van der Waals surface area (Å²) in [7, 11) is 1.85. The summed E-state index contributed by atoms with van der Waals surface area (Å²) in [6.45, 7) is 9.60. The lowest BCUT2D eigenvalue weighted by molar-refractivity contribution is 0.102. The van der Waals surface area contributed by atoms with Crippen LogP contribution in [0.25, 0.3) is 10.1 Å². The fourth-order valence-electron chi connectivity index (χ4n) is 1.54. The molecule has 2 aromatic rings. The van der Waals surface area contributed by atoms with Crippen LogP contribution in [0.2, 0.25) is 0 Å². The summed E-state index contributed by atoms with van der Waals surface area (Å²) >= 11 is 1.54. The van der Waals surface area contributed by atoms with Crippen LogP contribution in [0.5, 0.6) is 0 Å². The van der Waals surface area contributed by atoms with Gasteiger partial charge in [-0.1, -0.05) is 45.9 Å². The average Bonchev–Trinajstić information content (AvgIpc) is 2.82. The van der Waals surface area contributed by atoms with Crippen LogP contribution < -0.4 is 5.32 Å². The van der Waals surface area contributed by atoms with E-state index < -0.39 is 0 Å². The minimum atomic E-state index is 0.121. The van der Waals surface area contributed by atoms with Crippen molar-refractivity contribution in [1.29, 1.82) is 0 Å². The molecule has 0 bridgehead atoms. The molecule has 0 spiro atoms. The van der Waals surface area contributed by atoms with Gasteiger partial charge in [-0.2, -0.15) is 0 Å². The molecule has 3 heteroatoms.